The SMILES string of the molecule is COCCCn1cc([C@@H](c2ccccc2C#N)[C@@H](C)c2nc(C(=O)Nc3cnoc3)c(O)c(=O)n2C)cn1. The molecule has 196 valence electrons. The summed E-state index contributed by atoms with van der Waals surface area (Å²) in [6.07, 6.45) is 6.87. The Hall–Kier alpha value is -4.76. The Balaban J connectivity index is 1.80. The molecule has 4 rings (SSSR count). The number of hydrogen-bond acceptors (Lipinski definition) is 9. The number of methoxy groups -OCH3 is 1. The number of hydrogen-bond donors (Lipinski definition) is 2. The highest BCUT2D eigenvalue weighted by atomic mass is 16.5. The molecule has 12 heteroatoms. The second-order valence-electron chi connectivity index (χ2n) is 8.75. The van der Waals surface area contributed by atoms with E-state index in [1.165, 1.54) is 24.1 Å². The summed E-state index contributed by atoms with van der Waals surface area (Å²) in [5.74, 6) is -2.29. The minimum absolute atomic E-state index is 0.244. The van der Waals surface area contributed by atoms with Crippen LogP contribution in [0.25, 0.3) is 0 Å². The summed E-state index contributed by atoms with van der Waals surface area (Å²) in [4.78, 5) is 30.3. The molecule has 0 radical (unpaired) electrons. The molecule has 2 atom stereocenters. The third-order valence-electron chi connectivity index (χ3n) is 6.28. The molecule has 0 saturated heterocycles. The van der Waals surface area contributed by atoms with Gasteiger partial charge in [-0.3, -0.25) is 18.8 Å². The van der Waals surface area contributed by atoms with Crippen molar-refractivity contribution in [2.24, 2.45) is 7.05 Å². The molecule has 0 aliphatic heterocycles. The standard InChI is InChI=1S/C26H27N7O5/c1-16(24-31-22(23(34)26(36)32(24)2)25(35)30-19-13-29-38-15-19)21(20-8-5-4-7-17(20)11-27)18-12-28-33(14-18)9-6-10-37-3/h4-5,7-8,12-16,21,34H,6,9-10H2,1-3H3,(H,30,35)/t16-,21+/m1/s1. The van der Waals surface area contributed by atoms with E-state index < -0.39 is 34.7 Å². The van der Waals surface area contributed by atoms with Gasteiger partial charge >= 0.3 is 0 Å². The molecule has 0 unspecified atom stereocenters. The monoisotopic (exact) mass is 517 g/mol. The van der Waals surface area contributed by atoms with Crippen LogP contribution in [0.15, 0.2) is 58.4 Å². The number of anilines is 1. The molecule has 0 bridgehead atoms. The van der Waals surface area contributed by atoms with Crippen molar-refractivity contribution in [2.45, 2.75) is 31.7 Å². The van der Waals surface area contributed by atoms with Gasteiger partial charge in [0.2, 0.25) is 5.75 Å². The Bertz CT molecular complexity index is 1520. The van der Waals surface area contributed by atoms with Crippen LogP contribution in [0.2, 0.25) is 0 Å². The predicted molar refractivity (Wildman–Crippen MR) is 136 cm³/mol. The van der Waals surface area contributed by atoms with Gasteiger partial charge in [-0.1, -0.05) is 30.3 Å². The van der Waals surface area contributed by atoms with E-state index in [0.29, 0.717) is 18.7 Å². The normalized spacial score (nSPS) is 12.6. The number of aryl methyl sites for hydroxylation is 1. The summed E-state index contributed by atoms with van der Waals surface area (Å²) >= 11 is 0. The van der Waals surface area contributed by atoms with Crippen molar-refractivity contribution in [2.75, 3.05) is 19.0 Å². The molecule has 0 spiro atoms. The summed E-state index contributed by atoms with van der Waals surface area (Å²) in [6.45, 7) is 3.07. The Morgan fingerprint density at radius 2 is 2.11 bits per heavy atom. The summed E-state index contributed by atoms with van der Waals surface area (Å²) in [5, 5.41) is 30.8. The molecule has 2 N–H and O–H groups in total. The van der Waals surface area contributed by atoms with Crippen molar-refractivity contribution in [3.05, 3.63) is 87.7 Å². The second kappa shape index (κ2) is 11.5. The number of amides is 1. The van der Waals surface area contributed by atoms with Gasteiger partial charge in [0.1, 0.15) is 17.8 Å². The Morgan fingerprint density at radius 1 is 1.32 bits per heavy atom. The molecule has 0 aliphatic carbocycles. The summed E-state index contributed by atoms with van der Waals surface area (Å²) in [6, 6.07) is 9.42. The van der Waals surface area contributed by atoms with Gasteiger partial charge in [0.25, 0.3) is 11.5 Å². The molecule has 0 saturated carbocycles. The van der Waals surface area contributed by atoms with Gasteiger partial charge < -0.3 is 19.7 Å². The quantitative estimate of drug-likeness (QED) is 0.301. The third kappa shape index (κ3) is 5.33. The number of nitrogens with one attached hydrogen (secondary N) is 1. The van der Waals surface area contributed by atoms with Crippen molar-refractivity contribution in [1.82, 2.24) is 24.5 Å². The van der Waals surface area contributed by atoms with Crippen LogP contribution in [0.3, 0.4) is 0 Å². The Morgan fingerprint density at radius 3 is 2.82 bits per heavy atom. The van der Waals surface area contributed by atoms with E-state index in [9.17, 15) is 20.0 Å². The summed E-state index contributed by atoms with van der Waals surface area (Å²) < 4.78 is 12.9. The van der Waals surface area contributed by atoms with E-state index in [4.69, 9.17) is 9.26 Å². The smallest absolute Gasteiger partial charge is 0.296 e. The van der Waals surface area contributed by atoms with Crippen molar-refractivity contribution in [3.63, 3.8) is 0 Å². The fourth-order valence-electron chi connectivity index (χ4n) is 4.42. The van der Waals surface area contributed by atoms with E-state index in [1.54, 1.807) is 30.1 Å². The molecular formula is C26H27N7O5. The second-order valence-corrected chi connectivity index (χ2v) is 8.75. The lowest BCUT2D eigenvalue weighted by Gasteiger charge is -2.26. The molecule has 0 fully saturated rings. The van der Waals surface area contributed by atoms with Crippen LogP contribution in [0, 0.1) is 11.3 Å². The zero-order chi connectivity index (χ0) is 27.2. The Kier molecular flexibility index (Phi) is 7.98. The molecule has 4 aromatic rings. The van der Waals surface area contributed by atoms with Crippen LogP contribution in [-0.4, -0.2) is 49.2 Å². The minimum Gasteiger partial charge on any atom is -0.501 e. The van der Waals surface area contributed by atoms with Crippen LogP contribution >= 0.6 is 0 Å². The number of nitrogens with zero attached hydrogens (tertiary/aromatic N) is 6. The maximum atomic E-state index is 13.0. The maximum absolute atomic E-state index is 13.0. The lowest BCUT2D eigenvalue weighted by Crippen LogP contribution is -2.29. The number of nitriles is 1. The van der Waals surface area contributed by atoms with Crippen LogP contribution in [-0.2, 0) is 18.3 Å². The van der Waals surface area contributed by atoms with Gasteiger partial charge in [0, 0.05) is 45.3 Å². The zero-order valence-electron chi connectivity index (χ0n) is 21.2. The average Bonchev–Trinajstić information content (AvgIpc) is 3.60. The number of benzene rings is 1. The molecule has 1 aromatic carbocycles. The summed E-state index contributed by atoms with van der Waals surface area (Å²) in [5.41, 5.74) is 1.02. The number of aromatic nitrogens is 5. The highest BCUT2D eigenvalue weighted by Gasteiger charge is 2.31. The van der Waals surface area contributed by atoms with Gasteiger partial charge in [-0.05, 0) is 23.6 Å². The number of aromatic hydroxyl groups is 1. The van der Waals surface area contributed by atoms with Crippen molar-refractivity contribution in [3.8, 4) is 11.8 Å². The van der Waals surface area contributed by atoms with Crippen LogP contribution in [0.5, 0.6) is 5.75 Å². The predicted octanol–water partition coefficient (Wildman–Crippen LogP) is 2.77. The lowest BCUT2D eigenvalue weighted by atomic mass is 9.80. The Labute approximate surface area is 218 Å². The summed E-state index contributed by atoms with van der Waals surface area (Å²) in [7, 11) is 3.12. The first-order valence-electron chi connectivity index (χ1n) is 11.9. The third-order valence-corrected chi connectivity index (χ3v) is 6.28. The fourth-order valence-corrected chi connectivity index (χ4v) is 4.42. The van der Waals surface area contributed by atoms with E-state index in [-0.39, 0.29) is 11.5 Å². The zero-order valence-corrected chi connectivity index (χ0v) is 21.2. The molecule has 3 aromatic heterocycles. The van der Waals surface area contributed by atoms with Gasteiger partial charge in [-0.25, -0.2) is 4.98 Å². The van der Waals surface area contributed by atoms with E-state index in [2.05, 4.69) is 26.6 Å². The highest BCUT2D eigenvalue weighted by molar-refractivity contribution is 6.04. The van der Waals surface area contributed by atoms with Crippen molar-refractivity contribution >= 4 is 11.6 Å². The van der Waals surface area contributed by atoms with Gasteiger partial charge in [-0.2, -0.15) is 10.4 Å². The lowest BCUT2D eigenvalue weighted by molar-refractivity contribution is 0.101. The maximum Gasteiger partial charge on any atom is 0.296 e. The van der Waals surface area contributed by atoms with E-state index in [1.807, 2.05) is 25.3 Å². The first-order chi connectivity index (χ1) is 18.3. The average molecular weight is 518 g/mol. The fraction of sp³-hybridized carbons (Fsp3) is 0.308. The number of carbonyl (C=O) groups is 1. The topological polar surface area (TPSA) is 161 Å². The van der Waals surface area contributed by atoms with Gasteiger partial charge in [-0.15, -0.1) is 0 Å². The molecule has 12 nitrogen and oxygen atoms in total. The largest absolute Gasteiger partial charge is 0.501 e. The number of rotatable bonds is 10. The minimum atomic E-state index is -0.795. The number of carbonyl (C=O) groups excluding carboxylic acids is 1. The molecule has 38 heavy (non-hydrogen) atoms. The van der Waals surface area contributed by atoms with Crippen LogP contribution in [0.1, 0.15) is 58.2 Å². The van der Waals surface area contributed by atoms with Gasteiger partial charge in [0.15, 0.2) is 5.69 Å². The highest BCUT2D eigenvalue weighted by Crippen LogP contribution is 2.39. The van der Waals surface area contributed by atoms with Crippen molar-refractivity contribution in [1.29, 1.82) is 5.26 Å². The molecular weight excluding hydrogens is 490 g/mol. The molecule has 0 aliphatic rings. The first kappa shape index (κ1) is 26.3. The van der Waals surface area contributed by atoms with E-state index >= 15 is 0 Å². The van der Waals surface area contributed by atoms with Gasteiger partial charge in [0.05, 0.1) is 24.0 Å². The first-order valence-corrected chi connectivity index (χ1v) is 11.9. The molecule has 3 heterocycles. The van der Waals surface area contributed by atoms with Crippen LogP contribution in [0.4, 0.5) is 5.69 Å². The van der Waals surface area contributed by atoms with Crippen LogP contribution < -0.4 is 10.9 Å². The molecule has 1 amide bonds. The van der Waals surface area contributed by atoms with Crippen molar-refractivity contribution < 1.29 is 19.2 Å². The van der Waals surface area contributed by atoms with E-state index in [0.717, 1.165) is 17.5 Å². The number of ether oxygens (including phenoxy) is 1.